The Kier molecular flexibility index (Phi) is 7.11. The molecule has 0 fully saturated rings. The monoisotopic (exact) mass is 368 g/mol. The molecule has 0 saturated carbocycles. The van der Waals surface area contributed by atoms with E-state index in [-0.39, 0.29) is 11.8 Å². The van der Waals surface area contributed by atoms with Gasteiger partial charge in [-0.3, -0.25) is 9.59 Å². The van der Waals surface area contributed by atoms with E-state index in [1.807, 2.05) is 0 Å². The van der Waals surface area contributed by atoms with Crippen molar-refractivity contribution >= 4 is 23.5 Å². The summed E-state index contributed by atoms with van der Waals surface area (Å²) in [7, 11) is 1.30. The quantitative estimate of drug-likeness (QED) is 0.733. The molecule has 6 heteroatoms. The fraction of sp³-hybridized carbons (Fsp3) is 0.286. The standard InChI is InChI=1S/C21H24N2O4/c1-14(2)10-11-22-19(24)15-6-4-7-16(12-15)20(25)23-18-9-5-8-17(13-18)21(26)27-3/h4-9,12-14H,10-11H2,1-3H3,(H,22,24)(H,23,25). The summed E-state index contributed by atoms with van der Waals surface area (Å²) in [5, 5.41) is 5.57. The summed E-state index contributed by atoms with van der Waals surface area (Å²) >= 11 is 0. The SMILES string of the molecule is COC(=O)c1cccc(NC(=O)c2cccc(C(=O)NCCC(C)C)c2)c1. The van der Waals surface area contributed by atoms with Crippen LogP contribution >= 0.6 is 0 Å². The van der Waals surface area contributed by atoms with Crippen molar-refractivity contribution in [3.8, 4) is 0 Å². The van der Waals surface area contributed by atoms with Crippen molar-refractivity contribution < 1.29 is 19.1 Å². The zero-order valence-electron chi connectivity index (χ0n) is 15.7. The van der Waals surface area contributed by atoms with Gasteiger partial charge in [0.1, 0.15) is 0 Å². The van der Waals surface area contributed by atoms with E-state index in [2.05, 4.69) is 29.2 Å². The highest BCUT2D eigenvalue weighted by Gasteiger charge is 2.12. The van der Waals surface area contributed by atoms with E-state index in [0.717, 1.165) is 6.42 Å². The first-order valence-corrected chi connectivity index (χ1v) is 8.78. The zero-order valence-corrected chi connectivity index (χ0v) is 15.7. The summed E-state index contributed by atoms with van der Waals surface area (Å²) in [6, 6.07) is 13.0. The highest BCUT2D eigenvalue weighted by molar-refractivity contribution is 6.06. The van der Waals surface area contributed by atoms with Gasteiger partial charge >= 0.3 is 5.97 Å². The lowest BCUT2D eigenvalue weighted by Crippen LogP contribution is -2.25. The van der Waals surface area contributed by atoms with Crippen LogP contribution in [0.4, 0.5) is 5.69 Å². The van der Waals surface area contributed by atoms with Crippen LogP contribution in [0, 0.1) is 5.92 Å². The molecule has 2 amide bonds. The van der Waals surface area contributed by atoms with Gasteiger partial charge in [-0.05, 0) is 48.7 Å². The minimum atomic E-state index is -0.480. The second-order valence-electron chi connectivity index (χ2n) is 6.55. The summed E-state index contributed by atoms with van der Waals surface area (Å²) in [4.78, 5) is 36.3. The Hall–Kier alpha value is -3.15. The minimum absolute atomic E-state index is 0.210. The van der Waals surface area contributed by atoms with Crippen molar-refractivity contribution in [1.82, 2.24) is 5.32 Å². The zero-order chi connectivity index (χ0) is 19.8. The Bertz CT molecular complexity index is 830. The van der Waals surface area contributed by atoms with E-state index >= 15 is 0 Å². The van der Waals surface area contributed by atoms with E-state index in [4.69, 9.17) is 0 Å². The number of esters is 1. The summed E-state index contributed by atoms with van der Waals surface area (Å²) in [5.74, 6) is -0.554. The van der Waals surface area contributed by atoms with Gasteiger partial charge in [0, 0.05) is 23.4 Å². The molecule has 2 aromatic rings. The molecule has 2 rings (SSSR count). The van der Waals surface area contributed by atoms with Gasteiger partial charge in [0.25, 0.3) is 11.8 Å². The average molecular weight is 368 g/mol. The molecule has 2 aromatic carbocycles. The number of nitrogens with one attached hydrogen (secondary N) is 2. The lowest BCUT2D eigenvalue weighted by Gasteiger charge is -2.09. The molecule has 0 aliphatic heterocycles. The van der Waals surface area contributed by atoms with Crippen molar-refractivity contribution in [3.05, 3.63) is 65.2 Å². The predicted molar refractivity (Wildman–Crippen MR) is 104 cm³/mol. The molecule has 0 heterocycles. The predicted octanol–water partition coefficient (Wildman–Crippen LogP) is 3.50. The number of benzene rings is 2. The number of ether oxygens (including phenoxy) is 1. The largest absolute Gasteiger partial charge is 0.465 e. The molecule has 0 aliphatic carbocycles. The molecule has 0 aliphatic rings. The maximum Gasteiger partial charge on any atom is 0.337 e. The number of rotatable bonds is 7. The fourth-order valence-electron chi connectivity index (χ4n) is 2.42. The average Bonchev–Trinajstić information content (AvgIpc) is 2.67. The number of carbonyl (C=O) groups is 3. The highest BCUT2D eigenvalue weighted by Crippen LogP contribution is 2.14. The summed E-state index contributed by atoms with van der Waals surface area (Å²) < 4.78 is 4.67. The molecule has 142 valence electrons. The molecular weight excluding hydrogens is 344 g/mol. The topological polar surface area (TPSA) is 84.5 Å². The second-order valence-corrected chi connectivity index (χ2v) is 6.55. The lowest BCUT2D eigenvalue weighted by atomic mass is 10.1. The summed E-state index contributed by atoms with van der Waals surface area (Å²) in [5.41, 5.74) is 1.59. The maximum absolute atomic E-state index is 12.5. The number of anilines is 1. The van der Waals surface area contributed by atoms with Crippen LogP contribution in [0.3, 0.4) is 0 Å². The smallest absolute Gasteiger partial charge is 0.337 e. The van der Waals surface area contributed by atoms with E-state index in [9.17, 15) is 14.4 Å². The Labute approximate surface area is 158 Å². The van der Waals surface area contributed by atoms with Crippen molar-refractivity contribution in [2.45, 2.75) is 20.3 Å². The molecule has 0 radical (unpaired) electrons. The van der Waals surface area contributed by atoms with Crippen LogP contribution in [0.1, 0.15) is 51.3 Å². The first-order chi connectivity index (χ1) is 12.9. The Morgan fingerprint density at radius 1 is 0.926 bits per heavy atom. The molecule has 0 aromatic heterocycles. The Morgan fingerprint density at radius 3 is 2.22 bits per heavy atom. The van der Waals surface area contributed by atoms with Crippen LogP contribution in [0.2, 0.25) is 0 Å². The number of carbonyl (C=O) groups excluding carboxylic acids is 3. The minimum Gasteiger partial charge on any atom is -0.465 e. The number of amides is 2. The van der Waals surface area contributed by atoms with Crippen molar-refractivity contribution in [3.63, 3.8) is 0 Å². The first-order valence-electron chi connectivity index (χ1n) is 8.78. The lowest BCUT2D eigenvalue weighted by molar-refractivity contribution is 0.0600. The van der Waals surface area contributed by atoms with Gasteiger partial charge < -0.3 is 15.4 Å². The van der Waals surface area contributed by atoms with Gasteiger partial charge in [-0.1, -0.05) is 26.0 Å². The highest BCUT2D eigenvalue weighted by atomic mass is 16.5. The van der Waals surface area contributed by atoms with Gasteiger partial charge in [0.15, 0.2) is 0 Å². The molecular formula is C21H24N2O4. The van der Waals surface area contributed by atoms with Gasteiger partial charge in [0.2, 0.25) is 0 Å². The summed E-state index contributed by atoms with van der Waals surface area (Å²) in [6.07, 6.45) is 0.891. The molecule has 6 nitrogen and oxygen atoms in total. The third-order valence-electron chi connectivity index (χ3n) is 3.94. The summed E-state index contributed by atoms with van der Waals surface area (Å²) in [6.45, 7) is 4.77. The molecule has 27 heavy (non-hydrogen) atoms. The number of hydrogen-bond acceptors (Lipinski definition) is 4. The Morgan fingerprint density at radius 2 is 1.56 bits per heavy atom. The molecule has 0 bridgehead atoms. The number of methoxy groups -OCH3 is 1. The third-order valence-corrected chi connectivity index (χ3v) is 3.94. The molecule has 0 saturated heterocycles. The maximum atomic E-state index is 12.5. The van der Waals surface area contributed by atoms with E-state index < -0.39 is 5.97 Å². The van der Waals surface area contributed by atoms with Crippen LogP contribution < -0.4 is 10.6 Å². The molecule has 0 unspecified atom stereocenters. The second kappa shape index (κ2) is 9.52. The first kappa shape index (κ1) is 20.2. The van der Waals surface area contributed by atoms with Crippen LogP contribution in [-0.2, 0) is 4.74 Å². The number of hydrogen-bond donors (Lipinski definition) is 2. The van der Waals surface area contributed by atoms with Crippen molar-refractivity contribution in [2.75, 3.05) is 19.0 Å². The van der Waals surface area contributed by atoms with E-state index in [1.165, 1.54) is 13.2 Å². The molecule has 0 atom stereocenters. The van der Waals surface area contributed by atoms with E-state index in [0.29, 0.717) is 34.8 Å². The van der Waals surface area contributed by atoms with Crippen LogP contribution in [0.15, 0.2) is 48.5 Å². The van der Waals surface area contributed by atoms with Gasteiger partial charge in [-0.2, -0.15) is 0 Å². The molecule has 0 spiro atoms. The van der Waals surface area contributed by atoms with Crippen LogP contribution in [0.25, 0.3) is 0 Å². The molecule has 2 N–H and O–H groups in total. The normalized spacial score (nSPS) is 10.4. The van der Waals surface area contributed by atoms with Crippen molar-refractivity contribution in [2.24, 2.45) is 5.92 Å². The van der Waals surface area contributed by atoms with E-state index in [1.54, 1.807) is 42.5 Å². The van der Waals surface area contributed by atoms with Gasteiger partial charge in [0.05, 0.1) is 12.7 Å². The Balaban J connectivity index is 2.07. The van der Waals surface area contributed by atoms with Crippen LogP contribution in [0.5, 0.6) is 0 Å². The van der Waals surface area contributed by atoms with Crippen molar-refractivity contribution in [1.29, 1.82) is 0 Å². The fourth-order valence-corrected chi connectivity index (χ4v) is 2.42. The van der Waals surface area contributed by atoms with Gasteiger partial charge in [-0.15, -0.1) is 0 Å². The third kappa shape index (κ3) is 5.95. The van der Waals surface area contributed by atoms with Gasteiger partial charge in [-0.25, -0.2) is 4.79 Å². The van der Waals surface area contributed by atoms with Crippen LogP contribution in [-0.4, -0.2) is 31.4 Å².